The van der Waals surface area contributed by atoms with Crippen LogP contribution in [-0.4, -0.2) is 67.7 Å². The Bertz CT molecular complexity index is 1130. The normalized spacial score (nSPS) is 18.5. The van der Waals surface area contributed by atoms with Gasteiger partial charge in [-0.1, -0.05) is 47.8 Å². The van der Waals surface area contributed by atoms with Crippen molar-refractivity contribution in [3.8, 4) is 0 Å². The Balaban J connectivity index is 1.48. The number of nitrogens with zero attached hydrogens (tertiary/aromatic N) is 3. The largest absolute Gasteiger partial charge is 0.336 e. The third-order valence-corrected chi connectivity index (χ3v) is 8.87. The van der Waals surface area contributed by atoms with Crippen molar-refractivity contribution in [3.05, 3.63) is 63.4 Å². The Morgan fingerprint density at radius 2 is 1.58 bits per heavy atom. The first kappa shape index (κ1) is 24.4. The highest BCUT2D eigenvalue weighted by atomic mass is 35.5. The van der Waals surface area contributed by atoms with Gasteiger partial charge in [-0.15, -0.1) is 0 Å². The average molecular weight is 514 g/mol. The van der Waals surface area contributed by atoms with Crippen molar-refractivity contribution >= 4 is 39.1 Å². The molecule has 2 aromatic rings. The zero-order valence-corrected chi connectivity index (χ0v) is 20.5. The van der Waals surface area contributed by atoms with Gasteiger partial charge in [0.05, 0.1) is 15.6 Å². The summed E-state index contributed by atoms with van der Waals surface area (Å²) in [7, 11) is -3.82. The van der Waals surface area contributed by atoms with Crippen molar-refractivity contribution in [2.45, 2.75) is 30.7 Å². The molecule has 6 nitrogen and oxygen atoms in total. The quantitative estimate of drug-likeness (QED) is 0.598. The second-order valence-electron chi connectivity index (χ2n) is 8.39. The zero-order chi connectivity index (χ0) is 23.6. The summed E-state index contributed by atoms with van der Waals surface area (Å²) in [5, 5.41) is 0.133. The predicted molar refractivity (Wildman–Crippen MR) is 127 cm³/mol. The highest BCUT2D eigenvalue weighted by molar-refractivity contribution is 7.89. The topological polar surface area (TPSA) is 60.9 Å². The van der Waals surface area contributed by atoms with E-state index in [1.54, 1.807) is 23.1 Å². The fourth-order valence-electron chi connectivity index (χ4n) is 4.28. The molecule has 1 amide bonds. The number of halogens is 3. The maximum absolute atomic E-state index is 13.9. The molecule has 0 unspecified atom stereocenters. The lowest BCUT2D eigenvalue weighted by atomic mass is 10.1. The number of hydrogen-bond acceptors (Lipinski definition) is 4. The molecule has 0 aliphatic carbocycles. The van der Waals surface area contributed by atoms with E-state index < -0.39 is 10.0 Å². The molecular weight excluding hydrogens is 488 g/mol. The number of hydrogen-bond donors (Lipinski definition) is 0. The van der Waals surface area contributed by atoms with Gasteiger partial charge >= 0.3 is 0 Å². The summed E-state index contributed by atoms with van der Waals surface area (Å²) in [6.45, 7) is 3.35. The number of amides is 1. The molecule has 10 heteroatoms. The number of piperidine rings is 1. The summed E-state index contributed by atoms with van der Waals surface area (Å²) in [6, 6.07) is 9.30. The standard InChI is InChI=1S/C23H26Cl2FN3O3S/c24-19-15-20(25)22(33(31,32)29-8-4-1-5-9-29)14-18(19)23(30)28-12-10-27(11-13-28)16-17-6-2-3-7-21(17)26/h2-3,6-7,14-15H,1,4-5,8-13,16H2. The van der Waals surface area contributed by atoms with Crippen LogP contribution in [0.3, 0.4) is 0 Å². The molecule has 0 saturated carbocycles. The van der Waals surface area contributed by atoms with Gasteiger partial charge in [-0.3, -0.25) is 9.69 Å². The molecule has 0 radical (unpaired) electrons. The molecule has 178 valence electrons. The van der Waals surface area contributed by atoms with Gasteiger partial charge in [0, 0.05) is 51.4 Å². The van der Waals surface area contributed by atoms with Crippen molar-refractivity contribution in [1.82, 2.24) is 14.1 Å². The lowest BCUT2D eigenvalue weighted by molar-refractivity contribution is 0.0627. The molecule has 0 N–H and O–H groups in total. The van der Waals surface area contributed by atoms with Gasteiger partial charge in [-0.25, -0.2) is 12.8 Å². The molecule has 0 aromatic heterocycles. The smallest absolute Gasteiger partial charge is 0.255 e. The Kier molecular flexibility index (Phi) is 7.60. The molecule has 2 aliphatic rings. The highest BCUT2D eigenvalue weighted by Gasteiger charge is 2.31. The van der Waals surface area contributed by atoms with Gasteiger partial charge in [0.15, 0.2) is 0 Å². The lowest BCUT2D eigenvalue weighted by Crippen LogP contribution is -2.48. The van der Waals surface area contributed by atoms with E-state index in [0.29, 0.717) is 51.4 Å². The number of carbonyl (C=O) groups excluding carboxylic acids is 1. The first-order valence-corrected chi connectivity index (χ1v) is 13.2. The van der Waals surface area contributed by atoms with Crippen LogP contribution in [0, 0.1) is 5.82 Å². The first-order valence-electron chi connectivity index (χ1n) is 11.0. The third kappa shape index (κ3) is 5.35. The number of piperazine rings is 1. The minimum atomic E-state index is -3.82. The van der Waals surface area contributed by atoms with Crippen molar-refractivity contribution in [1.29, 1.82) is 0 Å². The summed E-state index contributed by atoms with van der Waals surface area (Å²) in [6.07, 6.45) is 2.59. The summed E-state index contributed by atoms with van der Waals surface area (Å²) in [5.41, 5.74) is 0.741. The molecule has 2 aliphatic heterocycles. The van der Waals surface area contributed by atoms with E-state index in [1.165, 1.54) is 22.5 Å². The molecular formula is C23H26Cl2FN3O3S. The van der Waals surface area contributed by atoms with Crippen molar-refractivity contribution in [3.63, 3.8) is 0 Å². The van der Waals surface area contributed by atoms with Crippen LogP contribution in [0.25, 0.3) is 0 Å². The van der Waals surface area contributed by atoms with Gasteiger partial charge < -0.3 is 4.90 Å². The number of benzene rings is 2. The summed E-state index contributed by atoms with van der Waals surface area (Å²) >= 11 is 12.6. The fourth-order valence-corrected chi connectivity index (χ4v) is 6.63. The van der Waals surface area contributed by atoms with E-state index in [1.807, 2.05) is 0 Å². The Morgan fingerprint density at radius 1 is 0.909 bits per heavy atom. The maximum Gasteiger partial charge on any atom is 0.255 e. The summed E-state index contributed by atoms with van der Waals surface area (Å²) < 4.78 is 41.7. The van der Waals surface area contributed by atoms with Gasteiger partial charge in [0.25, 0.3) is 5.91 Å². The molecule has 0 atom stereocenters. The molecule has 2 aromatic carbocycles. The van der Waals surface area contributed by atoms with Crippen LogP contribution in [0.5, 0.6) is 0 Å². The molecule has 33 heavy (non-hydrogen) atoms. The van der Waals surface area contributed by atoms with E-state index >= 15 is 0 Å². The monoisotopic (exact) mass is 513 g/mol. The minimum Gasteiger partial charge on any atom is -0.336 e. The fraction of sp³-hybridized carbons (Fsp3) is 0.435. The molecule has 0 spiro atoms. The van der Waals surface area contributed by atoms with Crippen LogP contribution in [0.4, 0.5) is 4.39 Å². The molecule has 4 rings (SSSR count). The van der Waals surface area contributed by atoms with Crippen molar-refractivity contribution in [2.24, 2.45) is 0 Å². The Hall–Kier alpha value is -1.71. The molecule has 2 fully saturated rings. The van der Waals surface area contributed by atoms with Gasteiger partial charge in [0.2, 0.25) is 10.0 Å². The Labute approximate surface area is 203 Å². The van der Waals surface area contributed by atoms with Gasteiger partial charge in [-0.05, 0) is 31.0 Å². The third-order valence-electron chi connectivity index (χ3n) is 6.20. The second-order valence-corrected chi connectivity index (χ2v) is 11.1. The highest BCUT2D eigenvalue weighted by Crippen LogP contribution is 2.32. The molecule has 2 heterocycles. The van der Waals surface area contributed by atoms with E-state index in [2.05, 4.69) is 4.90 Å². The van der Waals surface area contributed by atoms with Gasteiger partial charge in [-0.2, -0.15) is 4.31 Å². The molecule has 0 bridgehead atoms. The van der Waals surface area contributed by atoms with Crippen molar-refractivity contribution < 1.29 is 17.6 Å². The summed E-state index contributed by atoms with van der Waals surface area (Å²) in [4.78, 5) is 16.9. The maximum atomic E-state index is 13.9. The van der Waals surface area contributed by atoms with E-state index in [9.17, 15) is 17.6 Å². The van der Waals surface area contributed by atoms with Crippen LogP contribution < -0.4 is 0 Å². The van der Waals surface area contributed by atoms with E-state index in [0.717, 1.165) is 19.3 Å². The average Bonchev–Trinajstić information content (AvgIpc) is 2.81. The number of carbonyl (C=O) groups is 1. The second kappa shape index (κ2) is 10.3. The van der Waals surface area contributed by atoms with E-state index in [4.69, 9.17) is 23.2 Å². The zero-order valence-electron chi connectivity index (χ0n) is 18.1. The van der Waals surface area contributed by atoms with E-state index in [-0.39, 0.29) is 32.2 Å². The number of sulfonamides is 1. The van der Waals surface area contributed by atoms with Crippen LogP contribution in [0.15, 0.2) is 41.3 Å². The van der Waals surface area contributed by atoms with Gasteiger partial charge in [0.1, 0.15) is 10.7 Å². The SMILES string of the molecule is O=C(c1cc(S(=O)(=O)N2CCCCC2)c(Cl)cc1Cl)N1CCN(Cc2ccccc2F)CC1. The minimum absolute atomic E-state index is 0.0110. The summed E-state index contributed by atoms with van der Waals surface area (Å²) in [5.74, 6) is -0.580. The number of rotatable bonds is 5. The van der Waals surface area contributed by atoms with Crippen LogP contribution in [-0.2, 0) is 16.6 Å². The van der Waals surface area contributed by atoms with Crippen LogP contribution >= 0.6 is 23.2 Å². The first-order chi connectivity index (χ1) is 15.8. The molecule has 2 saturated heterocycles. The lowest BCUT2D eigenvalue weighted by Gasteiger charge is -2.35. The van der Waals surface area contributed by atoms with Crippen molar-refractivity contribution in [2.75, 3.05) is 39.3 Å². The predicted octanol–water partition coefficient (Wildman–Crippen LogP) is 4.27. The van der Waals surface area contributed by atoms with Crippen LogP contribution in [0.1, 0.15) is 35.2 Å². The van der Waals surface area contributed by atoms with Crippen LogP contribution in [0.2, 0.25) is 10.0 Å². The Morgan fingerprint density at radius 3 is 2.24 bits per heavy atom.